The lowest BCUT2D eigenvalue weighted by Gasteiger charge is -2.32. The van der Waals surface area contributed by atoms with E-state index in [4.69, 9.17) is 10.5 Å². The highest BCUT2D eigenvalue weighted by molar-refractivity contribution is 7.98. The van der Waals surface area contributed by atoms with E-state index in [9.17, 15) is 4.79 Å². The van der Waals surface area contributed by atoms with E-state index >= 15 is 0 Å². The van der Waals surface area contributed by atoms with Crippen molar-refractivity contribution < 1.29 is 9.53 Å². The fraction of sp³-hybridized carbons (Fsp3) is 0.923. The van der Waals surface area contributed by atoms with Crippen molar-refractivity contribution in [3.63, 3.8) is 0 Å². The fourth-order valence-electron chi connectivity index (χ4n) is 2.11. The summed E-state index contributed by atoms with van der Waals surface area (Å²) in [6, 6.07) is -0.156. The highest BCUT2D eigenvalue weighted by atomic mass is 32.2. The molecule has 1 rings (SSSR count). The molecule has 3 unspecified atom stereocenters. The molecule has 1 saturated heterocycles. The maximum atomic E-state index is 11.9. The Morgan fingerprint density at radius 3 is 2.89 bits per heavy atom. The Bertz CT molecular complexity index is 261. The van der Waals surface area contributed by atoms with Crippen LogP contribution in [0.3, 0.4) is 0 Å². The number of amides is 1. The zero-order valence-electron chi connectivity index (χ0n) is 11.6. The van der Waals surface area contributed by atoms with Gasteiger partial charge in [0, 0.05) is 12.6 Å². The standard InChI is InChI=1S/C13H26N2O2S/c1-9(2)12-8-10(4-6-17-12)15-13(16)11(14)5-7-18-3/h9-12H,4-8,14H2,1-3H3,(H,15,16). The highest BCUT2D eigenvalue weighted by Gasteiger charge is 2.27. The van der Waals surface area contributed by atoms with Crippen LogP contribution in [0.1, 0.15) is 33.1 Å². The number of carbonyl (C=O) groups is 1. The molecule has 0 spiro atoms. The molecule has 0 saturated carbocycles. The predicted octanol–water partition coefficient (Wildman–Crippen LogP) is 1.39. The van der Waals surface area contributed by atoms with Gasteiger partial charge in [-0.2, -0.15) is 11.8 Å². The molecule has 0 aromatic rings. The molecule has 0 radical (unpaired) electrons. The second-order valence-electron chi connectivity index (χ2n) is 5.27. The maximum absolute atomic E-state index is 11.9. The van der Waals surface area contributed by atoms with Crippen molar-refractivity contribution in [3.8, 4) is 0 Å². The van der Waals surface area contributed by atoms with E-state index in [0.29, 0.717) is 5.92 Å². The molecule has 4 nitrogen and oxygen atoms in total. The Balaban J connectivity index is 2.34. The van der Waals surface area contributed by atoms with Gasteiger partial charge in [0.1, 0.15) is 0 Å². The van der Waals surface area contributed by atoms with Crippen LogP contribution in [-0.4, -0.2) is 42.7 Å². The zero-order chi connectivity index (χ0) is 13.5. The summed E-state index contributed by atoms with van der Waals surface area (Å²) in [5.74, 6) is 1.41. The van der Waals surface area contributed by atoms with Crippen LogP contribution in [0.25, 0.3) is 0 Å². The van der Waals surface area contributed by atoms with Gasteiger partial charge < -0.3 is 15.8 Å². The largest absolute Gasteiger partial charge is 0.378 e. The number of carbonyl (C=O) groups excluding carboxylic acids is 1. The van der Waals surface area contributed by atoms with Crippen molar-refractivity contribution in [2.75, 3.05) is 18.6 Å². The van der Waals surface area contributed by atoms with Crippen LogP contribution in [0.15, 0.2) is 0 Å². The molecular formula is C13H26N2O2S. The number of thioether (sulfide) groups is 1. The lowest BCUT2D eigenvalue weighted by Crippen LogP contribution is -2.49. The summed E-state index contributed by atoms with van der Waals surface area (Å²) in [6.45, 7) is 5.03. The Labute approximate surface area is 114 Å². The molecule has 18 heavy (non-hydrogen) atoms. The Morgan fingerprint density at radius 2 is 2.28 bits per heavy atom. The number of rotatable bonds is 6. The van der Waals surface area contributed by atoms with Crippen molar-refractivity contribution in [1.29, 1.82) is 0 Å². The molecule has 0 aliphatic carbocycles. The van der Waals surface area contributed by atoms with Gasteiger partial charge >= 0.3 is 0 Å². The third-order valence-electron chi connectivity index (χ3n) is 3.37. The lowest BCUT2D eigenvalue weighted by molar-refractivity contribution is -0.124. The SMILES string of the molecule is CSCCC(N)C(=O)NC1CCOC(C(C)C)C1. The molecule has 3 atom stereocenters. The second kappa shape index (κ2) is 8.02. The first-order valence-electron chi connectivity index (χ1n) is 6.71. The van der Waals surface area contributed by atoms with Crippen LogP contribution in [0.2, 0.25) is 0 Å². The molecule has 1 aliphatic rings. The van der Waals surface area contributed by atoms with Crippen LogP contribution >= 0.6 is 11.8 Å². The molecule has 1 heterocycles. The summed E-state index contributed by atoms with van der Waals surface area (Å²) in [4.78, 5) is 11.9. The maximum Gasteiger partial charge on any atom is 0.237 e. The van der Waals surface area contributed by atoms with E-state index in [1.54, 1.807) is 11.8 Å². The molecule has 0 bridgehead atoms. The summed E-state index contributed by atoms with van der Waals surface area (Å²) in [5.41, 5.74) is 5.86. The van der Waals surface area contributed by atoms with Gasteiger partial charge in [-0.15, -0.1) is 0 Å². The minimum atomic E-state index is -0.377. The highest BCUT2D eigenvalue weighted by Crippen LogP contribution is 2.20. The first-order valence-corrected chi connectivity index (χ1v) is 8.10. The van der Waals surface area contributed by atoms with Gasteiger partial charge in [-0.3, -0.25) is 4.79 Å². The lowest BCUT2D eigenvalue weighted by atomic mass is 9.95. The topological polar surface area (TPSA) is 64.4 Å². The Kier molecular flexibility index (Phi) is 7.04. The summed E-state index contributed by atoms with van der Waals surface area (Å²) < 4.78 is 5.69. The number of nitrogens with one attached hydrogen (secondary N) is 1. The number of nitrogens with two attached hydrogens (primary N) is 1. The van der Waals surface area contributed by atoms with Gasteiger partial charge in [-0.25, -0.2) is 0 Å². The van der Waals surface area contributed by atoms with Gasteiger partial charge in [0.05, 0.1) is 12.1 Å². The van der Waals surface area contributed by atoms with Crippen molar-refractivity contribution >= 4 is 17.7 Å². The zero-order valence-corrected chi connectivity index (χ0v) is 12.5. The fourth-order valence-corrected chi connectivity index (χ4v) is 2.60. The van der Waals surface area contributed by atoms with Crippen LogP contribution in [0, 0.1) is 5.92 Å². The third-order valence-corrected chi connectivity index (χ3v) is 4.02. The van der Waals surface area contributed by atoms with E-state index in [2.05, 4.69) is 19.2 Å². The van der Waals surface area contributed by atoms with Crippen molar-refractivity contribution in [3.05, 3.63) is 0 Å². The normalized spacial score (nSPS) is 26.1. The van der Waals surface area contributed by atoms with E-state index < -0.39 is 0 Å². The second-order valence-corrected chi connectivity index (χ2v) is 6.26. The predicted molar refractivity (Wildman–Crippen MR) is 76.7 cm³/mol. The molecule has 106 valence electrons. The Morgan fingerprint density at radius 1 is 1.56 bits per heavy atom. The number of hydrogen-bond donors (Lipinski definition) is 2. The molecular weight excluding hydrogens is 248 g/mol. The molecule has 0 aromatic heterocycles. The minimum absolute atomic E-state index is 0.0153. The molecule has 5 heteroatoms. The van der Waals surface area contributed by atoms with E-state index in [0.717, 1.165) is 31.6 Å². The first-order chi connectivity index (χ1) is 8.54. The minimum Gasteiger partial charge on any atom is -0.378 e. The van der Waals surface area contributed by atoms with Crippen molar-refractivity contribution in [2.45, 2.75) is 51.3 Å². The molecule has 1 aliphatic heterocycles. The molecule has 1 amide bonds. The molecule has 1 fully saturated rings. The number of ether oxygens (including phenoxy) is 1. The van der Waals surface area contributed by atoms with Gasteiger partial charge in [0.15, 0.2) is 0 Å². The summed E-state index contributed by atoms with van der Waals surface area (Å²) >= 11 is 1.72. The van der Waals surface area contributed by atoms with Gasteiger partial charge in [0.2, 0.25) is 5.91 Å². The summed E-state index contributed by atoms with van der Waals surface area (Å²) in [7, 11) is 0. The Hall–Kier alpha value is -0.260. The summed E-state index contributed by atoms with van der Waals surface area (Å²) in [5, 5.41) is 3.06. The average molecular weight is 274 g/mol. The van der Waals surface area contributed by atoms with Crippen molar-refractivity contribution in [1.82, 2.24) is 5.32 Å². The van der Waals surface area contributed by atoms with Crippen LogP contribution in [0.5, 0.6) is 0 Å². The molecule has 0 aromatic carbocycles. The van der Waals surface area contributed by atoms with Crippen molar-refractivity contribution in [2.24, 2.45) is 11.7 Å². The van der Waals surface area contributed by atoms with Crippen LogP contribution < -0.4 is 11.1 Å². The van der Waals surface area contributed by atoms with Crippen LogP contribution in [-0.2, 0) is 9.53 Å². The quantitative estimate of drug-likeness (QED) is 0.768. The van der Waals surface area contributed by atoms with Crippen LogP contribution in [0.4, 0.5) is 0 Å². The van der Waals surface area contributed by atoms with Gasteiger partial charge in [-0.05, 0) is 37.2 Å². The number of hydrogen-bond acceptors (Lipinski definition) is 4. The van der Waals surface area contributed by atoms with E-state index in [-0.39, 0.29) is 24.1 Å². The van der Waals surface area contributed by atoms with Gasteiger partial charge in [-0.1, -0.05) is 13.8 Å². The van der Waals surface area contributed by atoms with E-state index in [1.807, 2.05) is 6.26 Å². The van der Waals surface area contributed by atoms with Gasteiger partial charge in [0.25, 0.3) is 0 Å². The average Bonchev–Trinajstić information content (AvgIpc) is 2.36. The first kappa shape index (κ1) is 15.8. The third kappa shape index (κ3) is 5.16. The molecule has 3 N–H and O–H groups in total. The summed E-state index contributed by atoms with van der Waals surface area (Å²) in [6.07, 6.45) is 4.81. The van der Waals surface area contributed by atoms with E-state index in [1.165, 1.54) is 0 Å². The monoisotopic (exact) mass is 274 g/mol. The smallest absolute Gasteiger partial charge is 0.237 e.